The number of nitrogens with zero attached hydrogens (tertiary/aromatic N) is 1. The van der Waals surface area contributed by atoms with Crippen LogP contribution in [0.25, 0.3) is 11.1 Å². The van der Waals surface area contributed by atoms with Gasteiger partial charge in [-0.05, 0) is 47.4 Å². The largest absolute Gasteiger partial charge is 0.314 e. The molecular formula is C18H20F2N2. The number of piperazine rings is 1. The van der Waals surface area contributed by atoms with Gasteiger partial charge in [-0.15, -0.1) is 0 Å². The molecule has 4 heteroatoms. The van der Waals surface area contributed by atoms with E-state index in [1.807, 2.05) is 6.07 Å². The maximum atomic E-state index is 14.0. The minimum atomic E-state index is -0.259. The van der Waals surface area contributed by atoms with Gasteiger partial charge in [0.2, 0.25) is 0 Å². The lowest BCUT2D eigenvalue weighted by atomic mass is 10.0. The zero-order valence-corrected chi connectivity index (χ0v) is 12.5. The first kappa shape index (κ1) is 15.1. The Morgan fingerprint density at radius 1 is 0.909 bits per heavy atom. The second-order valence-electron chi connectivity index (χ2n) is 5.65. The molecule has 2 aromatic carbocycles. The molecule has 2 nitrogen and oxygen atoms in total. The highest BCUT2D eigenvalue weighted by atomic mass is 19.1. The first-order valence-electron chi connectivity index (χ1n) is 7.70. The number of nitrogens with one attached hydrogen (secondary N) is 1. The SMILES string of the molecule is Fc1ccc(-c2ccc(F)c(CCN3CCNCC3)c2)cc1. The van der Waals surface area contributed by atoms with Gasteiger partial charge in [-0.3, -0.25) is 0 Å². The quantitative estimate of drug-likeness (QED) is 0.934. The van der Waals surface area contributed by atoms with Crippen molar-refractivity contribution < 1.29 is 8.78 Å². The average Bonchev–Trinajstić information content (AvgIpc) is 2.56. The summed E-state index contributed by atoms with van der Waals surface area (Å²) in [5, 5.41) is 3.31. The van der Waals surface area contributed by atoms with Crippen molar-refractivity contribution in [3.63, 3.8) is 0 Å². The van der Waals surface area contributed by atoms with Crippen LogP contribution in [-0.4, -0.2) is 37.6 Å². The predicted octanol–water partition coefficient (Wildman–Crippen LogP) is 3.08. The van der Waals surface area contributed by atoms with E-state index in [-0.39, 0.29) is 11.6 Å². The first-order valence-corrected chi connectivity index (χ1v) is 7.70. The summed E-state index contributed by atoms with van der Waals surface area (Å²) in [6.07, 6.45) is 0.695. The molecule has 1 N–H and O–H groups in total. The van der Waals surface area contributed by atoms with Gasteiger partial charge in [-0.25, -0.2) is 8.78 Å². The van der Waals surface area contributed by atoms with Crippen molar-refractivity contribution in [3.8, 4) is 11.1 Å². The fraction of sp³-hybridized carbons (Fsp3) is 0.333. The van der Waals surface area contributed by atoms with Crippen LogP contribution in [0.1, 0.15) is 5.56 Å². The summed E-state index contributed by atoms with van der Waals surface area (Å²) in [6, 6.07) is 11.4. The second-order valence-corrected chi connectivity index (χ2v) is 5.65. The van der Waals surface area contributed by atoms with E-state index in [0.717, 1.165) is 49.4 Å². The molecular weight excluding hydrogens is 282 g/mol. The molecule has 1 heterocycles. The van der Waals surface area contributed by atoms with Crippen LogP contribution in [0.3, 0.4) is 0 Å². The lowest BCUT2D eigenvalue weighted by Gasteiger charge is -2.27. The van der Waals surface area contributed by atoms with E-state index in [9.17, 15) is 8.78 Å². The van der Waals surface area contributed by atoms with E-state index in [1.165, 1.54) is 18.2 Å². The van der Waals surface area contributed by atoms with Crippen LogP contribution in [0.15, 0.2) is 42.5 Å². The molecule has 1 aliphatic rings. The lowest BCUT2D eigenvalue weighted by molar-refractivity contribution is 0.243. The summed E-state index contributed by atoms with van der Waals surface area (Å²) in [5.41, 5.74) is 2.56. The molecule has 0 unspecified atom stereocenters. The summed E-state index contributed by atoms with van der Waals surface area (Å²) in [4.78, 5) is 2.35. The number of benzene rings is 2. The smallest absolute Gasteiger partial charge is 0.126 e. The molecule has 0 amide bonds. The molecule has 0 radical (unpaired) electrons. The monoisotopic (exact) mass is 302 g/mol. The van der Waals surface area contributed by atoms with E-state index in [4.69, 9.17) is 0 Å². The van der Waals surface area contributed by atoms with E-state index in [0.29, 0.717) is 6.42 Å². The maximum Gasteiger partial charge on any atom is 0.126 e. The molecule has 1 fully saturated rings. The number of hydrogen-bond donors (Lipinski definition) is 1. The van der Waals surface area contributed by atoms with Gasteiger partial charge in [0.25, 0.3) is 0 Å². The van der Waals surface area contributed by atoms with Crippen LogP contribution in [0.2, 0.25) is 0 Å². The Morgan fingerprint density at radius 2 is 1.59 bits per heavy atom. The number of rotatable bonds is 4. The van der Waals surface area contributed by atoms with Crippen LogP contribution in [0.4, 0.5) is 8.78 Å². The van der Waals surface area contributed by atoms with Crippen LogP contribution in [0.5, 0.6) is 0 Å². The van der Waals surface area contributed by atoms with Gasteiger partial charge in [-0.1, -0.05) is 18.2 Å². The summed E-state index contributed by atoms with van der Waals surface area (Å²) in [7, 11) is 0. The summed E-state index contributed by atoms with van der Waals surface area (Å²) in [6.45, 7) is 4.89. The van der Waals surface area contributed by atoms with Gasteiger partial charge >= 0.3 is 0 Å². The average molecular weight is 302 g/mol. The highest BCUT2D eigenvalue weighted by Crippen LogP contribution is 2.23. The Kier molecular flexibility index (Phi) is 4.80. The topological polar surface area (TPSA) is 15.3 Å². The lowest BCUT2D eigenvalue weighted by Crippen LogP contribution is -2.44. The summed E-state index contributed by atoms with van der Waals surface area (Å²) in [5.74, 6) is -0.425. The second kappa shape index (κ2) is 6.99. The highest BCUT2D eigenvalue weighted by Gasteiger charge is 2.11. The molecule has 0 atom stereocenters. The molecule has 2 aromatic rings. The Morgan fingerprint density at radius 3 is 2.32 bits per heavy atom. The minimum Gasteiger partial charge on any atom is -0.314 e. The van der Waals surface area contributed by atoms with Crippen molar-refractivity contribution in [2.45, 2.75) is 6.42 Å². The standard InChI is InChI=1S/C18H20F2N2/c19-17-4-1-14(2-5-17)15-3-6-18(20)16(13-15)7-10-22-11-8-21-9-12-22/h1-6,13,21H,7-12H2. The molecule has 0 saturated carbocycles. The third-order valence-corrected chi connectivity index (χ3v) is 4.13. The number of hydrogen-bond acceptors (Lipinski definition) is 2. The Bertz CT molecular complexity index is 619. The molecule has 0 aromatic heterocycles. The van der Waals surface area contributed by atoms with Crippen LogP contribution >= 0.6 is 0 Å². The van der Waals surface area contributed by atoms with Crippen LogP contribution < -0.4 is 5.32 Å². The summed E-state index contributed by atoms with van der Waals surface area (Å²) >= 11 is 0. The summed E-state index contributed by atoms with van der Waals surface area (Å²) < 4.78 is 27.0. The fourth-order valence-corrected chi connectivity index (χ4v) is 2.80. The third-order valence-electron chi connectivity index (χ3n) is 4.13. The molecule has 1 aliphatic heterocycles. The van der Waals surface area contributed by atoms with Crippen LogP contribution in [-0.2, 0) is 6.42 Å². The Labute approximate surface area is 129 Å². The van der Waals surface area contributed by atoms with Crippen molar-refractivity contribution in [3.05, 3.63) is 59.7 Å². The van der Waals surface area contributed by atoms with Gasteiger partial charge in [0.15, 0.2) is 0 Å². The van der Waals surface area contributed by atoms with E-state index < -0.39 is 0 Å². The normalized spacial score (nSPS) is 15.9. The van der Waals surface area contributed by atoms with Crippen molar-refractivity contribution in [1.82, 2.24) is 10.2 Å². The molecule has 22 heavy (non-hydrogen) atoms. The van der Waals surface area contributed by atoms with Gasteiger partial charge < -0.3 is 10.2 Å². The van der Waals surface area contributed by atoms with Crippen LogP contribution in [0, 0.1) is 11.6 Å². The molecule has 3 rings (SSSR count). The first-order chi connectivity index (χ1) is 10.7. The van der Waals surface area contributed by atoms with E-state index in [2.05, 4.69) is 10.2 Å². The van der Waals surface area contributed by atoms with E-state index >= 15 is 0 Å². The van der Waals surface area contributed by atoms with E-state index in [1.54, 1.807) is 18.2 Å². The van der Waals surface area contributed by atoms with Crippen molar-refractivity contribution >= 4 is 0 Å². The molecule has 0 bridgehead atoms. The number of halogens is 2. The molecule has 0 spiro atoms. The zero-order chi connectivity index (χ0) is 15.4. The molecule has 116 valence electrons. The Balaban J connectivity index is 1.73. The van der Waals surface area contributed by atoms with Gasteiger partial charge in [0.05, 0.1) is 0 Å². The van der Waals surface area contributed by atoms with Crippen molar-refractivity contribution in [1.29, 1.82) is 0 Å². The van der Waals surface area contributed by atoms with Gasteiger partial charge in [0.1, 0.15) is 11.6 Å². The van der Waals surface area contributed by atoms with Crippen molar-refractivity contribution in [2.24, 2.45) is 0 Å². The van der Waals surface area contributed by atoms with Gasteiger partial charge in [0, 0.05) is 32.7 Å². The third kappa shape index (κ3) is 3.70. The predicted molar refractivity (Wildman–Crippen MR) is 84.8 cm³/mol. The maximum absolute atomic E-state index is 14.0. The highest BCUT2D eigenvalue weighted by molar-refractivity contribution is 5.64. The molecule has 1 saturated heterocycles. The van der Waals surface area contributed by atoms with Crippen molar-refractivity contribution in [2.75, 3.05) is 32.7 Å². The molecule has 0 aliphatic carbocycles. The van der Waals surface area contributed by atoms with Gasteiger partial charge in [-0.2, -0.15) is 0 Å². The Hall–Kier alpha value is -1.78. The minimum absolute atomic E-state index is 0.166. The fourth-order valence-electron chi connectivity index (χ4n) is 2.80. The zero-order valence-electron chi connectivity index (χ0n) is 12.5.